The average Bonchev–Trinajstić information content (AvgIpc) is 3.30. The van der Waals surface area contributed by atoms with Crippen LogP contribution in [0.2, 0.25) is 0 Å². The number of hydrogen-bond donors (Lipinski definition) is 1. The second-order valence-corrected chi connectivity index (χ2v) is 6.76. The van der Waals surface area contributed by atoms with Crippen LogP contribution in [0.25, 0.3) is 11.3 Å². The summed E-state index contributed by atoms with van der Waals surface area (Å²) in [5, 5.41) is 10.6. The third kappa shape index (κ3) is 3.12. The van der Waals surface area contributed by atoms with E-state index in [4.69, 9.17) is 9.26 Å². The van der Waals surface area contributed by atoms with E-state index in [1.54, 1.807) is 6.92 Å². The van der Waals surface area contributed by atoms with Crippen LogP contribution < -0.4 is 10.1 Å². The molecule has 1 N–H and O–H groups in total. The van der Waals surface area contributed by atoms with Gasteiger partial charge in [0.25, 0.3) is 5.91 Å². The molecular weight excluding hydrogens is 340 g/mol. The van der Waals surface area contributed by atoms with Crippen molar-refractivity contribution in [2.75, 3.05) is 0 Å². The summed E-state index contributed by atoms with van der Waals surface area (Å²) in [4.78, 5) is 12.6. The molecule has 1 amide bonds. The van der Waals surface area contributed by atoms with Crippen LogP contribution in [0.15, 0.2) is 28.8 Å². The van der Waals surface area contributed by atoms with E-state index in [-0.39, 0.29) is 18.6 Å². The summed E-state index contributed by atoms with van der Waals surface area (Å²) >= 11 is 1.08. The second kappa shape index (κ2) is 6.29. The predicted octanol–water partition coefficient (Wildman–Crippen LogP) is 2.75. The maximum absolute atomic E-state index is 12.1. The molecular formula is C17H16N4O3S. The van der Waals surface area contributed by atoms with Crippen molar-refractivity contribution in [3.05, 3.63) is 46.1 Å². The van der Waals surface area contributed by atoms with Crippen LogP contribution in [0.4, 0.5) is 0 Å². The van der Waals surface area contributed by atoms with E-state index in [2.05, 4.69) is 33.1 Å². The van der Waals surface area contributed by atoms with Gasteiger partial charge in [-0.05, 0) is 37.0 Å². The highest BCUT2D eigenvalue weighted by Gasteiger charge is 2.20. The molecule has 1 aromatic carbocycles. The molecule has 3 aromatic rings. The molecule has 3 heterocycles. The fourth-order valence-electron chi connectivity index (χ4n) is 2.78. The van der Waals surface area contributed by atoms with Gasteiger partial charge >= 0.3 is 0 Å². The number of amides is 1. The van der Waals surface area contributed by atoms with Crippen molar-refractivity contribution in [1.82, 2.24) is 20.1 Å². The summed E-state index contributed by atoms with van der Waals surface area (Å²) < 4.78 is 14.9. The van der Waals surface area contributed by atoms with E-state index >= 15 is 0 Å². The summed E-state index contributed by atoms with van der Waals surface area (Å²) in [6.45, 7) is 4.08. The molecule has 8 heteroatoms. The molecule has 0 spiro atoms. The Hall–Kier alpha value is -2.74. The third-order valence-corrected chi connectivity index (χ3v) is 4.86. The summed E-state index contributed by atoms with van der Waals surface area (Å²) in [5.41, 5.74) is 3.38. The second-order valence-electron chi connectivity index (χ2n) is 6.01. The van der Waals surface area contributed by atoms with Gasteiger partial charge in [0.1, 0.15) is 22.4 Å². The molecule has 1 aliphatic rings. The quantitative estimate of drug-likeness (QED) is 0.773. The smallest absolute Gasteiger partial charge is 0.265 e. The minimum Gasteiger partial charge on any atom is -0.490 e. The Bertz CT molecular complexity index is 934. The van der Waals surface area contributed by atoms with Crippen LogP contribution in [-0.2, 0) is 13.0 Å². The predicted molar refractivity (Wildman–Crippen MR) is 91.5 cm³/mol. The van der Waals surface area contributed by atoms with Crippen LogP contribution in [0.3, 0.4) is 0 Å². The Labute approximate surface area is 148 Å². The minimum atomic E-state index is -0.211. The minimum absolute atomic E-state index is 0.204. The Kier molecular flexibility index (Phi) is 3.96. The van der Waals surface area contributed by atoms with Gasteiger partial charge in [-0.25, -0.2) is 0 Å². The molecule has 128 valence electrons. The van der Waals surface area contributed by atoms with E-state index in [1.165, 1.54) is 5.56 Å². The van der Waals surface area contributed by atoms with Crippen molar-refractivity contribution in [3.63, 3.8) is 0 Å². The van der Waals surface area contributed by atoms with Crippen LogP contribution in [-0.4, -0.2) is 26.8 Å². The number of nitrogens with zero attached hydrogens (tertiary/aromatic N) is 3. The van der Waals surface area contributed by atoms with Crippen molar-refractivity contribution in [3.8, 4) is 17.1 Å². The third-order valence-electron chi connectivity index (χ3n) is 4.03. The number of ether oxygens (including phenoxy) is 1. The van der Waals surface area contributed by atoms with Crippen LogP contribution in [0, 0.1) is 6.92 Å². The van der Waals surface area contributed by atoms with Gasteiger partial charge in [0.2, 0.25) is 0 Å². The van der Waals surface area contributed by atoms with Gasteiger partial charge in [-0.2, -0.15) is 0 Å². The zero-order chi connectivity index (χ0) is 17.4. The summed E-state index contributed by atoms with van der Waals surface area (Å²) in [6, 6.07) is 7.83. The number of carbonyl (C=O) groups excluding carboxylic acids is 1. The molecule has 0 saturated heterocycles. The first-order chi connectivity index (χ1) is 12.1. The highest BCUT2D eigenvalue weighted by molar-refractivity contribution is 7.07. The maximum atomic E-state index is 12.1. The number of carbonyl (C=O) groups is 1. The van der Waals surface area contributed by atoms with E-state index in [0.29, 0.717) is 22.0 Å². The Morgan fingerprint density at radius 3 is 3.08 bits per heavy atom. The maximum Gasteiger partial charge on any atom is 0.265 e. The normalized spacial score (nSPS) is 15.7. The van der Waals surface area contributed by atoms with Gasteiger partial charge in [-0.15, -0.1) is 5.10 Å². The number of fused-ring (bicyclic) bond motifs is 1. The number of nitrogens with one attached hydrogen (secondary N) is 1. The van der Waals surface area contributed by atoms with Crippen molar-refractivity contribution in [1.29, 1.82) is 0 Å². The standard InChI is InChI=1S/C17H16N4O3S/c1-9-5-11-3-4-12(6-14(11)23-9)15-7-13(20-24-15)8-18-17(22)16-10(2)19-21-25-16/h3-4,6-7,9H,5,8H2,1-2H3,(H,18,22). The number of rotatable bonds is 4. The first kappa shape index (κ1) is 15.8. The molecule has 1 unspecified atom stereocenters. The highest BCUT2D eigenvalue weighted by atomic mass is 32.1. The number of aryl methyl sites for hydroxylation is 1. The first-order valence-corrected chi connectivity index (χ1v) is 8.70. The molecule has 4 rings (SSSR count). The van der Waals surface area contributed by atoms with Crippen molar-refractivity contribution in [2.24, 2.45) is 0 Å². The van der Waals surface area contributed by atoms with Gasteiger partial charge in [-0.1, -0.05) is 21.8 Å². The molecule has 0 aliphatic carbocycles. The summed E-state index contributed by atoms with van der Waals surface area (Å²) in [5.74, 6) is 1.33. The molecule has 1 atom stereocenters. The summed E-state index contributed by atoms with van der Waals surface area (Å²) in [6.07, 6.45) is 1.13. The number of aromatic nitrogens is 3. The Balaban J connectivity index is 1.45. The molecule has 25 heavy (non-hydrogen) atoms. The van der Waals surface area contributed by atoms with E-state index in [1.807, 2.05) is 18.2 Å². The first-order valence-electron chi connectivity index (χ1n) is 7.93. The zero-order valence-corrected chi connectivity index (χ0v) is 14.6. The molecule has 7 nitrogen and oxygen atoms in total. The summed E-state index contributed by atoms with van der Waals surface area (Å²) in [7, 11) is 0. The zero-order valence-electron chi connectivity index (χ0n) is 13.8. The van der Waals surface area contributed by atoms with E-state index < -0.39 is 0 Å². The van der Waals surface area contributed by atoms with Gasteiger partial charge in [0.15, 0.2) is 5.76 Å². The van der Waals surface area contributed by atoms with Gasteiger partial charge in [-0.3, -0.25) is 4.79 Å². The molecule has 0 bridgehead atoms. The highest BCUT2D eigenvalue weighted by Crippen LogP contribution is 2.33. The molecule has 2 aromatic heterocycles. The van der Waals surface area contributed by atoms with Gasteiger partial charge in [0, 0.05) is 18.1 Å². The topological polar surface area (TPSA) is 90.1 Å². The van der Waals surface area contributed by atoms with E-state index in [0.717, 1.165) is 29.3 Å². The molecule has 0 saturated carbocycles. The number of hydrogen-bond acceptors (Lipinski definition) is 7. The molecule has 0 radical (unpaired) electrons. The van der Waals surface area contributed by atoms with Crippen LogP contribution in [0.1, 0.15) is 33.5 Å². The SMILES string of the molecule is Cc1nnsc1C(=O)NCc1cc(-c2ccc3c(c2)OC(C)C3)on1. The van der Waals surface area contributed by atoms with Crippen molar-refractivity contribution >= 4 is 17.4 Å². The van der Waals surface area contributed by atoms with Gasteiger partial charge in [0.05, 0.1) is 12.2 Å². The largest absolute Gasteiger partial charge is 0.490 e. The van der Waals surface area contributed by atoms with E-state index in [9.17, 15) is 4.79 Å². The lowest BCUT2D eigenvalue weighted by atomic mass is 10.1. The van der Waals surface area contributed by atoms with Crippen LogP contribution >= 0.6 is 11.5 Å². The van der Waals surface area contributed by atoms with Crippen molar-refractivity contribution in [2.45, 2.75) is 32.9 Å². The number of benzene rings is 1. The Morgan fingerprint density at radius 2 is 2.28 bits per heavy atom. The monoisotopic (exact) mass is 356 g/mol. The van der Waals surface area contributed by atoms with Gasteiger partial charge < -0.3 is 14.6 Å². The fraction of sp³-hybridized carbons (Fsp3) is 0.294. The average molecular weight is 356 g/mol. The fourth-order valence-corrected chi connectivity index (χ4v) is 3.35. The lowest BCUT2D eigenvalue weighted by molar-refractivity contribution is 0.0953. The van der Waals surface area contributed by atoms with Crippen molar-refractivity contribution < 1.29 is 14.1 Å². The van der Waals surface area contributed by atoms with Crippen LogP contribution in [0.5, 0.6) is 5.75 Å². The molecule has 0 fully saturated rings. The molecule has 1 aliphatic heterocycles. The lowest BCUT2D eigenvalue weighted by Crippen LogP contribution is -2.22. The Morgan fingerprint density at radius 1 is 1.40 bits per heavy atom. The lowest BCUT2D eigenvalue weighted by Gasteiger charge is -2.03.